The highest BCUT2D eigenvalue weighted by Crippen LogP contribution is 2.41. The molecule has 4 aromatic carbocycles. The van der Waals surface area contributed by atoms with Crippen LogP contribution in [0.1, 0.15) is 57.7 Å². The predicted molar refractivity (Wildman–Crippen MR) is 193 cm³/mol. The summed E-state index contributed by atoms with van der Waals surface area (Å²) in [5.74, 6) is -2.63. The lowest BCUT2D eigenvalue weighted by Gasteiger charge is -2.51. The van der Waals surface area contributed by atoms with Gasteiger partial charge < -0.3 is 30.2 Å². The number of aromatic hydroxyl groups is 1. The third-order valence-electron chi connectivity index (χ3n) is 9.81. The summed E-state index contributed by atoms with van der Waals surface area (Å²) in [7, 11) is 0. The number of carbonyl (C=O) groups is 5. The maximum atomic E-state index is 15.4. The van der Waals surface area contributed by atoms with E-state index in [1.165, 1.54) is 41.3 Å². The summed E-state index contributed by atoms with van der Waals surface area (Å²) >= 11 is 0. The van der Waals surface area contributed by atoms with Crippen LogP contribution in [0.15, 0.2) is 109 Å². The fraction of sp³-hybridized carbons (Fsp3) is 0.293. The number of piperazine rings is 1. The maximum absolute atomic E-state index is 15.4. The monoisotopic (exact) mass is 702 g/mol. The van der Waals surface area contributed by atoms with Crippen LogP contribution in [0.25, 0.3) is 0 Å². The highest BCUT2D eigenvalue weighted by molar-refractivity contribution is 6.04. The fourth-order valence-corrected chi connectivity index (χ4v) is 7.09. The lowest BCUT2D eigenvalue weighted by molar-refractivity contribution is -0.172. The molecule has 3 N–H and O–H groups in total. The first-order valence-corrected chi connectivity index (χ1v) is 17.4. The standard InChI is InChI=1S/C41H42N4O7/c1-27(2)23-42-36(47)35-22-41(26-44(35)37(48)31-17-19-33(46)20-18-31)40(52)43(24-29-9-5-3-6-10-29)34(21-28-13-15-32(16-14-28)39(50)51)38(49)45(41)25-30-11-7-4-8-12-30/h3-20,27,34-35,46H,21-26H2,1-2H3,(H,42,47)(H,50,51). The molecular weight excluding hydrogens is 660 g/mol. The highest BCUT2D eigenvalue weighted by Gasteiger charge is 2.63. The van der Waals surface area contributed by atoms with Crippen molar-refractivity contribution in [1.29, 1.82) is 0 Å². The molecule has 52 heavy (non-hydrogen) atoms. The van der Waals surface area contributed by atoms with Crippen LogP contribution in [0.5, 0.6) is 5.75 Å². The number of amides is 4. The molecule has 2 aliphatic heterocycles. The van der Waals surface area contributed by atoms with Gasteiger partial charge in [0.2, 0.25) is 11.8 Å². The molecule has 2 saturated heterocycles. The number of nitrogens with one attached hydrogen (secondary N) is 1. The molecule has 6 rings (SSSR count). The van der Waals surface area contributed by atoms with Crippen LogP contribution in [-0.2, 0) is 33.9 Å². The summed E-state index contributed by atoms with van der Waals surface area (Å²) < 4.78 is 0. The van der Waals surface area contributed by atoms with Crippen LogP contribution in [-0.4, -0.2) is 85.2 Å². The SMILES string of the molecule is CC(C)CNC(=O)C1CC2(CN1C(=O)c1ccc(O)cc1)C(=O)N(Cc1ccccc1)C(Cc1ccc(C(=O)O)cc1)C(=O)N2Cc1ccccc1. The van der Waals surface area contributed by atoms with Gasteiger partial charge >= 0.3 is 5.97 Å². The molecule has 4 amide bonds. The Kier molecular flexibility index (Phi) is 10.4. The van der Waals surface area contributed by atoms with E-state index < -0.39 is 35.4 Å². The van der Waals surface area contributed by atoms with Gasteiger partial charge in [0.05, 0.1) is 12.1 Å². The van der Waals surface area contributed by atoms with Crippen LogP contribution in [0.3, 0.4) is 0 Å². The van der Waals surface area contributed by atoms with Gasteiger partial charge in [0.25, 0.3) is 11.8 Å². The number of hydrogen-bond donors (Lipinski definition) is 3. The molecule has 3 atom stereocenters. The summed E-state index contributed by atoms with van der Waals surface area (Å²) in [6, 6.07) is 28.5. The predicted octanol–water partition coefficient (Wildman–Crippen LogP) is 4.50. The Labute approximate surface area is 302 Å². The van der Waals surface area contributed by atoms with E-state index in [1.54, 1.807) is 21.9 Å². The molecule has 11 heteroatoms. The summed E-state index contributed by atoms with van der Waals surface area (Å²) in [5, 5.41) is 22.3. The molecular formula is C41H42N4O7. The van der Waals surface area contributed by atoms with E-state index in [0.717, 1.165) is 11.1 Å². The first kappa shape index (κ1) is 35.8. The van der Waals surface area contributed by atoms with E-state index in [2.05, 4.69) is 5.32 Å². The molecule has 1 spiro atoms. The van der Waals surface area contributed by atoms with E-state index in [-0.39, 0.29) is 67.1 Å². The van der Waals surface area contributed by atoms with Gasteiger partial charge in [-0.3, -0.25) is 19.2 Å². The number of carboxylic acid groups (broad SMARTS) is 1. The molecule has 2 fully saturated rings. The normalized spacial score (nSPS) is 20.1. The van der Waals surface area contributed by atoms with Crippen molar-refractivity contribution < 1.29 is 34.2 Å². The van der Waals surface area contributed by atoms with E-state index >= 15 is 9.59 Å². The van der Waals surface area contributed by atoms with Crippen molar-refractivity contribution in [3.63, 3.8) is 0 Å². The number of phenols is 1. The zero-order valence-electron chi connectivity index (χ0n) is 29.1. The minimum Gasteiger partial charge on any atom is -0.508 e. The number of benzene rings is 4. The first-order chi connectivity index (χ1) is 25.0. The van der Waals surface area contributed by atoms with Crippen molar-refractivity contribution >= 4 is 29.6 Å². The number of hydrogen-bond acceptors (Lipinski definition) is 6. The lowest BCUT2D eigenvalue weighted by Crippen LogP contribution is -2.72. The lowest BCUT2D eigenvalue weighted by atomic mass is 9.84. The molecule has 0 saturated carbocycles. The number of phenolic OH excluding ortho intramolecular Hbond substituents is 1. The van der Waals surface area contributed by atoms with Crippen LogP contribution in [0.4, 0.5) is 0 Å². The van der Waals surface area contributed by atoms with Gasteiger partial charge in [-0.2, -0.15) is 0 Å². The van der Waals surface area contributed by atoms with Crippen LogP contribution in [0, 0.1) is 5.92 Å². The Hall–Kier alpha value is -5.97. The van der Waals surface area contributed by atoms with Crippen molar-refractivity contribution in [1.82, 2.24) is 20.0 Å². The quantitative estimate of drug-likeness (QED) is 0.209. The first-order valence-electron chi connectivity index (χ1n) is 17.4. The van der Waals surface area contributed by atoms with Crippen molar-refractivity contribution in [3.8, 4) is 5.75 Å². The molecule has 2 aliphatic rings. The van der Waals surface area contributed by atoms with Gasteiger partial charge in [0.15, 0.2) is 0 Å². The Morgan fingerprint density at radius 1 is 0.788 bits per heavy atom. The number of carboxylic acids is 1. The minimum absolute atomic E-state index is 0.0250. The topological polar surface area (TPSA) is 148 Å². The molecule has 0 aromatic heterocycles. The smallest absolute Gasteiger partial charge is 0.335 e. The van der Waals surface area contributed by atoms with Crippen molar-refractivity contribution in [2.75, 3.05) is 13.1 Å². The molecule has 3 unspecified atom stereocenters. The van der Waals surface area contributed by atoms with E-state index in [0.29, 0.717) is 12.1 Å². The summed E-state index contributed by atoms with van der Waals surface area (Å²) in [4.78, 5) is 74.7. The highest BCUT2D eigenvalue weighted by atomic mass is 16.4. The second-order valence-corrected chi connectivity index (χ2v) is 13.9. The summed E-state index contributed by atoms with van der Waals surface area (Å²) in [6.45, 7) is 4.19. The van der Waals surface area contributed by atoms with E-state index in [1.807, 2.05) is 74.5 Å². The van der Waals surface area contributed by atoms with Gasteiger partial charge in [-0.1, -0.05) is 86.6 Å². The van der Waals surface area contributed by atoms with Gasteiger partial charge in [-0.25, -0.2) is 4.79 Å². The Morgan fingerprint density at radius 2 is 1.37 bits per heavy atom. The minimum atomic E-state index is -1.60. The van der Waals surface area contributed by atoms with Crippen LogP contribution >= 0.6 is 0 Å². The van der Waals surface area contributed by atoms with Gasteiger partial charge in [0, 0.05) is 38.0 Å². The third kappa shape index (κ3) is 7.39. The second kappa shape index (κ2) is 15.1. The number of carbonyl (C=O) groups excluding carboxylic acids is 4. The second-order valence-electron chi connectivity index (χ2n) is 13.9. The Morgan fingerprint density at radius 3 is 1.94 bits per heavy atom. The van der Waals surface area contributed by atoms with E-state index in [4.69, 9.17) is 0 Å². The number of aromatic carboxylic acids is 1. The molecule has 0 aliphatic carbocycles. The Balaban J connectivity index is 1.47. The molecule has 268 valence electrons. The molecule has 11 nitrogen and oxygen atoms in total. The molecule has 0 bridgehead atoms. The zero-order chi connectivity index (χ0) is 37.0. The maximum Gasteiger partial charge on any atom is 0.335 e. The van der Waals surface area contributed by atoms with Crippen molar-refractivity contribution in [2.45, 2.75) is 57.4 Å². The number of rotatable bonds is 11. The molecule has 2 heterocycles. The number of nitrogens with zero attached hydrogens (tertiary/aromatic N) is 3. The van der Waals surface area contributed by atoms with Crippen molar-refractivity contribution in [3.05, 3.63) is 137 Å². The molecule has 0 radical (unpaired) electrons. The average molecular weight is 703 g/mol. The zero-order valence-corrected chi connectivity index (χ0v) is 29.1. The molecule has 4 aromatic rings. The average Bonchev–Trinajstić information content (AvgIpc) is 3.56. The van der Waals surface area contributed by atoms with Gasteiger partial charge in [-0.15, -0.1) is 0 Å². The van der Waals surface area contributed by atoms with Crippen LogP contribution < -0.4 is 5.32 Å². The summed E-state index contributed by atoms with van der Waals surface area (Å²) in [6.07, 6.45) is -0.00336. The van der Waals surface area contributed by atoms with Crippen molar-refractivity contribution in [2.24, 2.45) is 5.92 Å². The third-order valence-corrected chi connectivity index (χ3v) is 9.81. The van der Waals surface area contributed by atoms with E-state index in [9.17, 15) is 24.6 Å². The Bertz CT molecular complexity index is 1930. The summed E-state index contributed by atoms with van der Waals surface area (Å²) in [5.41, 5.74) is 0.969. The van der Waals surface area contributed by atoms with Crippen LogP contribution in [0.2, 0.25) is 0 Å². The van der Waals surface area contributed by atoms with Gasteiger partial charge in [0.1, 0.15) is 23.4 Å². The fourth-order valence-electron chi connectivity index (χ4n) is 7.09. The van der Waals surface area contributed by atoms with Gasteiger partial charge in [-0.05, 0) is 59.0 Å². The largest absolute Gasteiger partial charge is 0.508 e. The number of likely N-dealkylation sites (tertiary alicyclic amines) is 1.